The first kappa shape index (κ1) is 20.2. The number of carbonyl (C=O) groups excluding carboxylic acids is 1. The van der Waals surface area contributed by atoms with Gasteiger partial charge >= 0.3 is 0 Å². The summed E-state index contributed by atoms with van der Waals surface area (Å²) in [7, 11) is 0. The number of nitrogens with two attached hydrogens (primary N) is 1. The summed E-state index contributed by atoms with van der Waals surface area (Å²) in [6.45, 7) is 4.79. The van der Waals surface area contributed by atoms with E-state index in [4.69, 9.17) is 10.5 Å². The van der Waals surface area contributed by atoms with Crippen LogP contribution in [0.2, 0.25) is 0 Å². The van der Waals surface area contributed by atoms with E-state index < -0.39 is 5.91 Å². The number of hydrogen-bond donors (Lipinski definition) is 2. The van der Waals surface area contributed by atoms with Gasteiger partial charge in [0, 0.05) is 9.86 Å². The second-order valence-corrected chi connectivity index (χ2v) is 7.72. The molecule has 0 unspecified atom stereocenters. The van der Waals surface area contributed by atoms with Crippen LogP contribution < -0.4 is 16.6 Å². The van der Waals surface area contributed by atoms with Crippen LogP contribution in [0.15, 0.2) is 44.7 Å². The topological polar surface area (TPSA) is 112 Å². The molecule has 3 N–H and O–H groups in total. The Morgan fingerprint density at radius 2 is 2.21 bits per heavy atom. The van der Waals surface area contributed by atoms with E-state index in [-0.39, 0.29) is 24.1 Å². The summed E-state index contributed by atoms with van der Waals surface area (Å²) in [4.78, 5) is 29.7. The number of aromatic nitrogens is 2. The van der Waals surface area contributed by atoms with Gasteiger partial charge in [-0.1, -0.05) is 29.8 Å². The zero-order valence-corrected chi connectivity index (χ0v) is 17.3. The molecule has 0 radical (unpaired) electrons. The Bertz CT molecular complexity index is 1010. The van der Waals surface area contributed by atoms with Crippen molar-refractivity contribution in [2.45, 2.75) is 32.4 Å². The summed E-state index contributed by atoms with van der Waals surface area (Å²) in [5.74, 6) is 0.0168. The van der Waals surface area contributed by atoms with E-state index in [1.165, 1.54) is 17.0 Å². The molecule has 9 heteroatoms. The molecule has 1 aromatic carbocycles. The van der Waals surface area contributed by atoms with Crippen LogP contribution in [0.4, 0.5) is 0 Å². The van der Waals surface area contributed by atoms with Gasteiger partial charge in [-0.3, -0.25) is 14.6 Å². The molecule has 28 heavy (non-hydrogen) atoms. The van der Waals surface area contributed by atoms with Crippen LogP contribution in [0.5, 0.6) is 0 Å². The molecule has 1 aliphatic heterocycles. The van der Waals surface area contributed by atoms with Crippen LogP contribution in [0.1, 0.15) is 25.5 Å². The van der Waals surface area contributed by atoms with Crippen LogP contribution >= 0.6 is 15.9 Å². The zero-order valence-electron chi connectivity index (χ0n) is 15.7. The number of benzene rings is 1. The molecule has 2 aromatic rings. The van der Waals surface area contributed by atoms with Crippen molar-refractivity contribution < 1.29 is 9.53 Å². The van der Waals surface area contributed by atoms with Crippen molar-refractivity contribution in [1.82, 2.24) is 15.1 Å². The number of aliphatic imine (C=N–C) groups is 1. The van der Waals surface area contributed by atoms with E-state index in [1.54, 1.807) is 12.1 Å². The Morgan fingerprint density at radius 1 is 1.46 bits per heavy atom. The standard InChI is InChI=1S/C19H22BrN5O3/c1-11(2)18-15-7-12(20)3-4-14(15)19(27)25(24-18)8-17(26)23-16(5-6-21)22-13-9-28-10-13/h3-7,11,13H,8-10,21H2,1-2H3,(H,22,23,26)/b6-5-. The monoisotopic (exact) mass is 447 g/mol. The number of nitrogens with one attached hydrogen (secondary N) is 1. The molecule has 2 heterocycles. The lowest BCUT2D eigenvalue weighted by Crippen LogP contribution is -2.39. The van der Waals surface area contributed by atoms with E-state index in [1.807, 2.05) is 19.9 Å². The largest absolute Gasteiger partial charge is 0.404 e. The van der Waals surface area contributed by atoms with E-state index in [0.29, 0.717) is 24.4 Å². The fraction of sp³-hybridized carbons (Fsp3) is 0.368. The number of carbonyl (C=O) groups is 1. The molecular weight excluding hydrogens is 426 g/mol. The maximum Gasteiger partial charge on any atom is 0.275 e. The van der Waals surface area contributed by atoms with Crippen molar-refractivity contribution in [3.63, 3.8) is 0 Å². The van der Waals surface area contributed by atoms with Crippen molar-refractivity contribution in [3.8, 4) is 0 Å². The Balaban J connectivity index is 1.90. The normalized spacial score (nSPS) is 15.4. The first-order valence-corrected chi connectivity index (χ1v) is 9.72. The third-order valence-corrected chi connectivity index (χ3v) is 4.75. The molecule has 0 bridgehead atoms. The minimum atomic E-state index is -0.405. The maximum atomic E-state index is 12.8. The molecule has 3 rings (SSSR count). The van der Waals surface area contributed by atoms with E-state index >= 15 is 0 Å². The molecule has 1 aliphatic rings. The average Bonchev–Trinajstić information content (AvgIpc) is 2.60. The van der Waals surface area contributed by atoms with Gasteiger partial charge in [-0.15, -0.1) is 0 Å². The minimum absolute atomic E-state index is 0.000920. The van der Waals surface area contributed by atoms with Crippen LogP contribution in [0.3, 0.4) is 0 Å². The Labute approximate surface area is 170 Å². The molecule has 0 spiro atoms. The third kappa shape index (κ3) is 4.48. The summed E-state index contributed by atoms with van der Waals surface area (Å²) in [5.41, 5.74) is 5.87. The van der Waals surface area contributed by atoms with Crippen molar-refractivity contribution >= 4 is 38.4 Å². The Morgan fingerprint density at radius 3 is 2.82 bits per heavy atom. The lowest BCUT2D eigenvalue weighted by Gasteiger charge is -2.22. The Hall–Kier alpha value is -2.52. The molecule has 148 valence electrons. The number of amides is 1. The van der Waals surface area contributed by atoms with Gasteiger partial charge in [-0.05, 0) is 36.4 Å². The van der Waals surface area contributed by atoms with E-state index in [9.17, 15) is 9.59 Å². The number of halogens is 1. The summed E-state index contributed by atoms with van der Waals surface area (Å²) in [6.07, 6.45) is 2.80. The van der Waals surface area contributed by atoms with Gasteiger partial charge in [-0.25, -0.2) is 4.68 Å². The van der Waals surface area contributed by atoms with Gasteiger partial charge in [0.2, 0.25) is 5.91 Å². The SMILES string of the molecule is CC(C)c1nn(CC(=O)NC(/C=C\N)=NC2COC2)c(=O)c2ccc(Br)cc12. The van der Waals surface area contributed by atoms with Crippen molar-refractivity contribution in [2.24, 2.45) is 10.7 Å². The Kier molecular flexibility index (Phi) is 6.25. The fourth-order valence-corrected chi connectivity index (χ4v) is 3.20. The molecule has 0 aliphatic carbocycles. The zero-order chi connectivity index (χ0) is 20.3. The van der Waals surface area contributed by atoms with Crippen LogP contribution in [0.25, 0.3) is 10.8 Å². The van der Waals surface area contributed by atoms with Gasteiger partial charge in [-0.2, -0.15) is 5.10 Å². The number of amidine groups is 1. The summed E-state index contributed by atoms with van der Waals surface area (Å²) in [6, 6.07) is 5.42. The van der Waals surface area contributed by atoms with Gasteiger partial charge in [0.05, 0.1) is 30.3 Å². The highest BCUT2D eigenvalue weighted by Crippen LogP contribution is 2.24. The summed E-state index contributed by atoms with van der Waals surface area (Å²) >= 11 is 3.43. The lowest BCUT2D eigenvalue weighted by atomic mass is 10.0. The first-order valence-electron chi connectivity index (χ1n) is 8.93. The number of nitrogens with zero attached hydrogens (tertiary/aromatic N) is 3. The maximum absolute atomic E-state index is 12.8. The molecule has 0 saturated carbocycles. The van der Waals surface area contributed by atoms with Gasteiger partial charge < -0.3 is 15.8 Å². The number of fused-ring (bicyclic) bond motifs is 1. The second-order valence-electron chi connectivity index (χ2n) is 6.81. The molecule has 1 fully saturated rings. The number of hydrogen-bond acceptors (Lipinski definition) is 6. The van der Waals surface area contributed by atoms with E-state index in [2.05, 4.69) is 31.3 Å². The molecule has 1 amide bonds. The summed E-state index contributed by atoms with van der Waals surface area (Å²) in [5, 5.41) is 8.43. The highest BCUT2D eigenvalue weighted by Gasteiger charge is 2.19. The molecule has 1 saturated heterocycles. The predicted molar refractivity (Wildman–Crippen MR) is 111 cm³/mol. The smallest absolute Gasteiger partial charge is 0.275 e. The van der Waals surface area contributed by atoms with Gasteiger partial charge in [0.25, 0.3) is 5.56 Å². The highest BCUT2D eigenvalue weighted by molar-refractivity contribution is 9.10. The van der Waals surface area contributed by atoms with Crippen LogP contribution in [-0.4, -0.2) is 40.8 Å². The summed E-state index contributed by atoms with van der Waals surface area (Å²) < 4.78 is 7.14. The van der Waals surface area contributed by atoms with Gasteiger partial charge in [0.15, 0.2) is 0 Å². The van der Waals surface area contributed by atoms with Crippen LogP contribution in [0, 0.1) is 0 Å². The number of ether oxygens (including phenoxy) is 1. The predicted octanol–water partition coefficient (Wildman–Crippen LogP) is 1.67. The van der Waals surface area contributed by atoms with Gasteiger partial charge in [0.1, 0.15) is 12.4 Å². The molecule has 1 aromatic heterocycles. The highest BCUT2D eigenvalue weighted by atomic mass is 79.9. The van der Waals surface area contributed by atoms with Crippen molar-refractivity contribution in [1.29, 1.82) is 0 Å². The molecular formula is C19H22BrN5O3. The molecule has 8 nitrogen and oxygen atoms in total. The van der Waals surface area contributed by atoms with Crippen molar-refractivity contribution in [3.05, 3.63) is 51.0 Å². The number of rotatable bonds is 5. The van der Waals surface area contributed by atoms with Crippen LogP contribution in [-0.2, 0) is 16.1 Å². The van der Waals surface area contributed by atoms with E-state index in [0.717, 1.165) is 15.6 Å². The fourth-order valence-electron chi connectivity index (χ4n) is 2.84. The van der Waals surface area contributed by atoms with Crippen molar-refractivity contribution in [2.75, 3.05) is 13.2 Å². The average molecular weight is 448 g/mol. The second kappa shape index (κ2) is 8.66. The minimum Gasteiger partial charge on any atom is -0.404 e. The first-order chi connectivity index (χ1) is 13.4. The third-order valence-electron chi connectivity index (χ3n) is 4.25. The lowest BCUT2D eigenvalue weighted by molar-refractivity contribution is -0.120. The molecule has 0 atom stereocenters. The quantitative estimate of drug-likeness (QED) is 0.534.